The Kier molecular flexibility index (Phi) is 2.25. The van der Waals surface area contributed by atoms with Crippen molar-refractivity contribution in [2.45, 2.75) is 13.8 Å². The highest BCUT2D eigenvalue weighted by Gasteiger charge is 2.13. The highest BCUT2D eigenvalue weighted by atomic mass is 16.5. The number of aromatic nitrogens is 1. The number of hydrogen-bond acceptors (Lipinski definition) is 4. The molecule has 0 radical (unpaired) electrons. The van der Waals surface area contributed by atoms with E-state index in [-0.39, 0.29) is 5.76 Å². The van der Waals surface area contributed by atoms with E-state index in [0.717, 1.165) is 0 Å². The summed E-state index contributed by atoms with van der Waals surface area (Å²) >= 11 is 0. The third-order valence-electron chi connectivity index (χ3n) is 1.21. The maximum absolute atomic E-state index is 11.0. The number of rotatable bonds is 2. The number of aryl methyl sites for hydroxylation is 1. The Balaban J connectivity index is 2.76. The Hall–Kier alpha value is -1.32. The molecular weight excluding hydrogens is 146 g/mol. The average Bonchev–Trinajstić information content (AvgIpc) is 2.36. The van der Waals surface area contributed by atoms with E-state index < -0.39 is 5.97 Å². The number of esters is 1. The minimum atomic E-state index is -0.456. The van der Waals surface area contributed by atoms with Crippen molar-refractivity contribution in [3.63, 3.8) is 0 Å². The van der Waals surface area contributed by atoms with Gasteiger partial charge in [-0.2, -0.15) is 0 Å². The Morgan fingerprint density at radius 3 is 3.00 bits per heavy atom. The van der Waals surface area contributed by atoms with Gasteiger partial charge in [0, 0.05) is 0 Å². The molecule has 0 fully saturated rings. The summed E-state index contributed by atoms with van der Waals surface area (Å²) in [4.78, 5) is 14.7. The van der Waals surface area contributed by atoms with Crippen LogP contribution in [0.3, 0.4) is 0 Å². The van der Waals surface area contributed by atoms with E-state index in [9.17, 15) is 4.79 Å². The summed E-state index contributed by atoms with van der Waals surface area (Å²) in [6.45, 7) is 3.78. The van der Waals surface area contributed by atoms with Gasteiger partial charge in [0.2, 0.25) is 5.76 Å². The largest absolute Gasteiger partial charge is 0.460 e. The average molecular weight is 155 g/mol. The Morgan fingerprint density at radius 1 is 1.82 bits per heavy atom. The third kappa shape index (κ3) is 1.58. The van der Waals surface area contributed by atoms with Crippen LogP contribution in [0.4, 0.5) is 0 Å². The third-order valence-corrected chi connectivity index (χ3v) is 1.21. The number of carbonyl (C=O) groups excluding carboxylic acids is 1. The second-order valence-corrected chi connectivity index (χ2v) is 1.99. The molecule has 0 N–H and O–H groups in total. The summed E-state index contributed by atoms with van der Waals surface area (Å²) in [5, 5.41) is 0. The van der Waals surface area contributed by atoms with Crippen molar-refractivity contribution in [1.82, 2.24) is 4.98 Å². The second-order valence-electron chi connectivity index (χ2n) is 1.99. The first-order valence-electron chi connectivity index (χ1n) is 3.33. The maximum Gasteiger partial charge on any atom is 0.376 e. The molecule has 0 saturated heterocycles. The molecule has 0 aliphatic heterocycles. The lowest BCUT2D eigenvalue weighted by Crippen LogP contribution is -2.04. The summed E-state index contributed by atoms with van der Waals surface area (Å²) in [6.07, 6.45) is 1.22. The van der Waals surface area contributed by atoms with Crippen LogP contribution in [0.25, 0.3) is 0 Å². The highest BCUT2D eigenvalue weighted by Crippen LogP contribution is 2.05. The Labute approximate surface area is 64.2 Å². The first-order chi connectivity index (χ1) is 5.25. The van der Waals surface area contributed by atoms with Crippen molar-refractivity contribution in [1.29, 1.82) is 0 Å². The van der Waals surface area contributed by atoms with Crippen LogP contribution in [0.2, 0.25) is 0 Å². The summed E-state index contributed by atoms with van der Waals surface area (Å²) < 4.78 is 9.49. The molecule has 1 heterocycles. The fraction of sp³-hybridized carbons (Fsp3) is 0.429. The van der Waals surface area contributed by atoms with E-state index in [0.29, 0.717) is 12.3 Å². The first kappa shape index (κ1) is 7.78. The zero-order valence-corrected chi connectivity index (χ0v) is 6.46. The quantitative estimate of drug-likeness (QED) is 0.601. The van der Waals surface area contributed by atoms with Crippen LogP contribution in [0.5, 0.6) is 0 Å². The van der Waals surface area contributed by atoms with E-state index in [2.05, 4.69) is 4.98 Å². The predicted octanol–water partition coefficient (Wildman–Crippen LogP) is 1.16. The van der Waals surface area contributed by atoms with Gasteiger partial charge in [0.25, 0.3) is 0 Å². The van der Waals surface area contributed by atoms with Crippen LogP contribution in [0.1, 0.15) is 23.2 Å². The van der Waals surface area contributed by atoms with Gasteiger partial charge in [0.1, 0.15) is 0 Å². The number of oxazole rings is 1. The van der Waals surface area contributed by atoms with Gasteiger partial charge >= 0.3 is 5.97 Å². The standard InChI is InChI=1S/C7H9NO3/c1-3-10-7(9)6-5(2)8-4-11-6/h4H,3H2,1-2H3. The minimum absolute atomic E-state index is 0.187. The van der Waals surface area contributed by atoms with Crippen molar-refractivity contribution in [2.75, 3.05) is 6.61 Å². The van der Waals surface area contributed by atoms with Gasteiger partial charge in [-0.15, -0.1) is 0 Å². The molecule has 1 aromatic heterocycles. The molecule has 4 heteroatoms. The normalized spacial score (nSPS) is 9.64. The number of nitrogens with zero attached hydrogens (tertiary/aromatic N) is 1. The second kappa shape index (κ2) is 3.18. The van der Waals surface area contributed by atoms with Crippen LogP contribution in [-0.4, -0.2) is 17.6 Å². The molecule has 11 heavy (non-hydrogen) atoms. The molecule has 0 spiro atoms. The fourth-order valence-corrected chi connectivity index (χ4v) is 0.694. The van der Waals surface area contributed by atoms with Crippen molar-refractivity contribution >= 4 is 5.97 Å². The van der Waals surface area contributed by atoms with Gasteiger partial charge in [0.05, 0.1) is 12.3 Å². The van der Waals surface area contributed by atoms with Gasteiger partial charge < -0.3 is 9.15 Å². The lowest BCUT2D eigenvalue weighted by atomic mass is 10.4. The molecule has 0 aromatic carbocycles. The van der Waals surface area contributed by atoms with Gasteiger partial charge in [-0.05, 0) is 13.8 Å². The van der Waals surface area contributed by atoms with Crippen LogP contribution < -0.4 is 0 Å². The molecule has 1 rings (SSSR count). The Morgan fingerprint density at radius 2 is 2.55 bits per heavy atom. The number of ether oxygens (including phenoxy) is 1. The molecule has 0 aliphatic carbocycles. The summed E-state index contributed by atoms with van der Waals surface area (Å²) in [7, 11) is 0. The Bertz CT molecular complexity index is 254. The van der Waals surface area contributed by atoms with Crippen molar-refractivity contribution in [3.05, 3.63) is 17.8 Å². The van der Waals surface area contributed by atoms with Gasteiger partial charge in [0.15, 0.2) is 6.39 Å². The summed E-state index contributed by atoms with van der Waals surface area (Å²) in [6, 6.07) is 0. The van der Waals surface area contributed by atoms with Crippen LogP contribution in [0, 0.1) is 6.92 Å². The summed E-state index contributed by atoms with van der Waals surface area (Å²) in [5.41, 5.74) is 0.559. The lowest BCUT2D eigenvalue weighted by molar-refractivity contribution is 0.0489. The van der Waals surface area contributed by atoms with Gasteiger partial charge in [-0.3, -0.25) is 0 Å². The molecule has 0 saturated carbocycles. The maximum atomic E-state index is 11.0. The highest BCUT2D eigenvalue weighted by molar-refractivity contribution is 5.87. The van der Waals surface area contributed by atoms with Crippen molar-refractivity contribution in [3.8, 4) is 0 Å². The van der Waals surface area contributed by atoms with E-state index in [1.54, 1.807) is 13.8 Å². The molecule has 0 aliphatic rings. The molecule has 0 unspecified atom stereocenters. The molecule has 4 nitrogen and oxygen atoms in total. The smallest absolute Gasteiger partial charge is 0.376 e. The zero-order valence-electron chi connectivity index (χ0n) is 6.46. The molecule has 60 valence electrons. The SMILES string of the molecule is CCOC(=O)c1ocnc1C. The lowest BCUT2D eigenvalue weighted by Gasteiger charge is -1.96. The van der Waals surface area contributed by atoms with Crippen LogP contribution in [0.15, 0.2) is 10.8 Å². The topological polar surface area (TPSA) is 52.3 Å². The fourth-order valence-electron chi connectivity index (χ4n) is 0.694. The number of carbonyl (C=O) groups is 1. The van der Waals surface area contributed by atoms with Crippen molar-refractivity contribution in [2.24, 2.45) is 0 Å². The molecule has 0 bridgehead atoms. The first-order valence-corrected chi connectivity index (χ1v) is 3.33. The minimum Gasteiger partial charge on any atom is -0.460 e. The number of hydrogen-bond donors (Lipinski definition) is 0. The van der Waals surface area contributed by atoms with Crippen LogP contribution in [-0.2, 0) is 4.74 Å². The zero-order chi connectivity index (χ0) is 8.27. The van der Waals surface area contributed by atoms with E-state index in [1.165, 1.54) is 6.39 Å². The molecule has 1 aromatic rings. The predicted molar refractivity (Wildman–Crippen MR) is 37.2 cm³/mol. The monoisotopic (exact) mass is 155 g/mol. The van der Waals surface area contributed by atoms with E-state index >= 15 is 0 Å². The van der Waals surface area contributed by atoms with E-state index in [4.69, 9.17) is 9.15 Å². The molecular formula is C7H9NO3. The van der Waals surface area contributed by atoms with E-state index in [1.807, 2.05) is 0 Å². The summed E-state index contributed by atoms with van der Waals surface area (Å²) in [5.74, 6) is -0.269. The van der Waals surface area contributed by atoms with Crippen LogP contribution >= 0.6 is 0 Å². The van der Waals surface area contributed by atoms with Gasteiger partial charge in [-0.25, -0.2) is 9.78 Å². The molecule has 0 atom stereocenters. The molecule has 0 amide bonds. The van der Waals surface area contributed by atoms with Gasteiger partial charge in [-0.1, -0.05) is 0 Å². The van der Waals surface area contributed by atoms with Crippen molar-refractivity contribution < 1.29 is 13.9 Å².